The van der Waals surface area contributed by atoms with Gasteiger partial charge in [0.15, 0.2) is 5.82 Å². The summed E-state index contributed by atoms with van der Waals surface area (Å²) < 4.78 is 34.3. The smallest absolute Gasteiger partial charge is 0.209 e. The molecule has 8 heteroatoms. The number of hydrogen-bond acceptors (Lipinski definition) is 4. The summed E-state index contributed by atoms with van der Waals surface area (Å²) >= 11 is 6.47. The summed E-state index contributed by atoms with van der Waals surface area (Å²) in [5.74, 6) is -0.631. The molecule has 15 heavy (non-hydrogen) atoms. The molecule has 0 aromatic carbocycles. The number of nitrogens with zero attached hydrogens (tertiary/aromatic N) is 1. The van der Waals surface area contributed by atoms with Crippen LogP contribution in [0.2, 0.25) is 5.02 Å². The third kappa shape index (κ3) is 4.78. The van der Waals surface area contributed by atoms with Crippen molar-refractivity contribution in [1.29, 1.82) is 0 Å². The summed E-state index contributed by atoms with van der Waals surface area (Å²) in [6.07, 6.45) is 1.30. The molecule has 1 aromatic rings. The first-order valence-electron chi connectivity index (χ1n) is 3.83. The number of nitrogens with two attached hydrogens (primary N) is 1. The van der Waals surface area contributed by atoms with E-state index in [4.69, 9.17) is 16.7 Å². The van der Waals surface area contributed by atoms with Crippen molar-refractivity contribution in [3.8, 4) is 0 Å². The maximum atomic E-state index is 13.1. The van der Waals surface area contributed by atoms with Gasteiger partial charge in [0.25, 0.3) is 0 Å². The first-order chi connectivity index (χ1) is 6.88. The third-order valence-electron chi connectivity index (χ3n) is 1.38. The van der Waals surface area contributed by atoms with E-state index in [0.29, 0.717) is 0 Å². The molecule has 0 atom stereocenters. The normalized spacial score (nSPS) is 11.7. The van der Waals surface area contributed by atoms with E-state index >= 15 is 0 Å². The van der Waals surface area contributed by atoms with E-state index in [1.54, 1.807) is 0 Å². The number of rotatable bonds is 4. The quantitative estimate of drug-likeness (QED) is 0.836. The summed E-state index contributed by atoms with van der Waals surface area (Å²) in [6, 6.07) is 1.12. The first kappa shape index (κ1) is 12.7. The molecule has 0 aliphatic heterocycles. The maximum Gasteiger partial charge on any atom is 0.209 e. The lowest BCUT2D eigenvalue weighted by atomic mass is 10.5. The van der Waals surface area contributed by atoms with E-state index in [2.05, 4.69) is 4.98 Å². The fourth-order valence-electron chi connectivity index (χ4n) is 0.763. The Kier molecular flexibility index (Phi) is 4.32. The molecule has 0 spiro atoms. The molecule has 0 aliphatic carbocycles. The second-order valence-electron chi connectivity index (χ2n) is 2.66. The van der Waals surface area contributed by atoms with E-state index in [1.165, 1.54) is 6.20 Å². The van der Waals surface area contributed by atoms with Gasteiger partial charge in [0.2, 0.25) is 10.0 Å². The Morgan fingerprint density at radius 3 is 2.80 bits per heavy atom. The number of halogens is 2. The average Bonchev–Trinajstić information content (AvgIpc) is 2.07. The predicted molar refractivity (Wildman–Crippen MR) is 57.9 cm³/mol. The van der Waals surface area contributed by atoms with Gasteiger partial charge < -0.3 is 0 Å². The standard InChI is InChI=1S/C7H8ClFN2O2S2/c8-5-3-6(9)7(11-4-5)14-1-2-15(10,12)13/h3-4H,1-2H2,(H2,10,12,13). The molecule has 0 radical (unpaired) electrons. The number of pyridine rings is 1. The van der Waals surface area contributed by atoms with Gasteiger partial charge >= 0.3 is 0 Å². The Balaban J connectivity index is 2.59. The lowest BCUT2D eigenvalue weighted by Crippen LogP contribution is -2.17. The van der Waals surface area contributed by atoms with Crippen LogP contribution in [-0.2, 0) is 10.0 Å². The zero-order valence-electron chi connectivity index (χ0n) is 7.48. The topological polar surface area (TPSA) is 73.1 Å². The third-order valence-corrected chi connectivity index (χ3v) is 3.60. The molecule has 0 saturated heterocycles. The minimum atomic E-state index is -3.51. The highest BCUT2D eigenvalue weighted by Gasteiger charge is 2.08. The predicted octanol–water partition coefficient (Wildman–Crippen LogP) is 1.25. The fraction of sp³-hybridized carbons (Fsp3) is 0.286. The summed E-state index contributed by atoms with van der Waals surface area (Å²) in [5, 5.41) is 5.10. The Morgan fingerprint density at radius 1 is 1.60 bits per heavy atom. The van der Waals surface area contributed by atoms with Crippen LogP contribution >= 0.6 is 23.4 Å². The van der Waals surface area contributed by atoms with Crippen LogP contribution in [-0.4, -0.2) is 24.9 Å². The van der Waals surface area contributed by atoms with Gasteiger partial charge in [-0.25, -0.2) is 22.9 Å². The summed E-state index contributed by atoms with van der Waals surface area (Å²) in [5.41, 5.74) is 0. The molecule has 1 aromatic heterocycles. The highest BCUT2D eigenvalue weighted by atomic mass is 35.5. The Bertz CT molecular complexity index is 452. The summed E-state index contributed by atoms with van der Waals surface area (Å²) in [4.78, 5) is 3.72. The molecule has 0 bridgehead atoms. The van der Waals surface area contributed by atoms with E-state index in [0.717, 1.165) is 17.8 Å². The molecule has 2 N–H and O–H groups in total. The van der Waals surface area contributed by atoms with Crippen molar-refractivity contribution in [2.75, 3.05) is 11.5 Å². The molecule has 1 rings (SSSR count). The van der Waals surface area contributed by atoms with Gasteiger partial charge in [-0.3, -0.25) is 0 Å². The number of hydrogen-bond donors (Lipinski definition) is 1. The van der Waals surface area contributed by atoms with Crippen LogP contribution in [0.5, 0.6) is 0 Å². The average molecular weight is 271 g/mol. The number of primary sulfonamides is 1. The zero-order chi connectivity index (χ0) is 11.5. The van der Waals surface area contributed by atoms with Crippen molar-refractivity contribution in [3.63, 3.8) is 0 Å². The van der Waals surface area contributed by atoms with E-state index in [-0.39, 0.29) is 21.6 Å². The molecule has 0 saturated carbocycles. The van der Waals surface area contributed by atoms with Gasteiger partial charge in [0, 0.05) is 11.9 Å². The Morgan fingerprint density at radius 2 is 2.27 bits per heavy atom. The first-order valence-corrected chi connectivity index (χ1v) is 6.91. The van der Waals surface area contributed by atoms with Gasteiger partial charge in [-0.2, -0.15) is 0 Å². The highest BCUT2D eigenvalue weighted by Crippen LogP contribution is 2.21. The minimum Gasteiger partial charge on any atom is -0.245 e. The Hall–Kier alpha value is -0.370. The van der Waals surface area contributed by atoms with E-state index in [1.807, 2.05) is 0 Å². The molecule has 0 aliphatic rings. The van der Waals surface area contributed by atoms with Crippen molar-refractivity contribution in [2.24, 2.45) is 5.14 Å². The number of aromatic nitrogens is 1. The second kappa shape index (κ2) is 5.11. The van der Waals surface area contributed by atoms with Crippen molar-refractivity contribution < 1.29 is 12.8 Å². The fourth-order valence-corrected chi connectivity index (χ4v) is 2.69. The molecule has 0 unspecified atom stereocenters. The highest BCUT2D eigenvalue weighted by molar-refractivity contribution is 8.00. The van der Waals surface area contributed by atoms with Crippen molar-refractivity contribution in [2.45, 2.75) is 5.03 Å². The monoisotopic (exact) mass is 270 g/mol. The molecule has 0 fully saturated rings. The van der Waals surface area contributed by atoms with Crippen LogP contribution in [0.15, 0.2) is 17.3 Å². The van der Waals surface area contributed by atoms with E-state index in [9.17, 15) is 12.8 Å². The van der Waals surface area contributed by atoms with Gasteiger partial charge in [0.05, 0.1) is 10.8 Å². The van der Waals surface area contributed by atoms with Crippen LogP contribution in [0.25, 0.3) is 0 Å². The van der Waals surface area contributed by atoms with Crippen LogP contribution in [0.3, 0.4) is 0 Å². The van der Waals surface area contributed by atoms with Crippen LogP contribution in [0.1, 0.15) is 0 Å². The number of thioether (sulfide) groups is 1. The molecule has 0 amide bonds. The molecule has 4 nitrogen and oxygen atoms in total. The zero-order valence-corrected chi connectivity index (χ0v) is 9.87. The van der Waals surface area contributed by atoms with Crippen LogP contribution < -0.4 is 5.14 Å². The Labute approximate surface area is 96.1 Å². The molecule has 1 heterocycles. The number of sulfonamides is 1. The minimum absolute atomic E-state index is 0.114. The van der Waals surface area contributed by atoms with E-state index < -0.39 is 15.8 Å². The lowest BCUT2D eigenvalue weighted by molar-refractivity contribution is 0.587. The van der Waals surface area contributed by atoms with Crippen LogP contribution in [0.4, 0.5) is 4.39 Å². The largest absolute Gasteiger partial charge is 0.245 e. The van der Waals surface area contributed by atoms with Gasteiger partial charge in [-0.05, 0) is 6.07 Å². The van der Waals surface area contributed by atoms with Gasteiger partial charge in [-0.1, -0.05) is 11.6 Å². The van der Waals surface area contributed by atoms with Crippen molar-refractivity contribution in [3.05, 3.63) is 23.1 Å². The SMILES string of the molecule is NS(=O)(=O)CCSc1ncc(Cl)cc1F. The van der Waals surface area contributed by atoms with Crippen molar-refractivity contribution in [1.82, 2.24) is 4.98 Å². The van der Waals surface area contributed by atoms with Gasteiger partial charge in [0.1, 0.15) is 5.03 Å². The molecular weight excluding hydrogens is 263 g/mol. The molecule has 84 valence electrons. The van der Waals surface area contributed by atoms with Gasteiger partial charge in [-0.15, -0.1) is 11.8 Å². The molecular formula is C7H8ClFN2O2S2. The second-order valence-corrected chi connectivity index (χ2v) is 5.91. The summed E-state index contributed by atoms with van der Waals surface area (Å²) in [6.45, 7) is 0. The van der Waals surface area contributed by atoms with Crippen LogP contribution in [0, 0.1) is 5.82 Å². The maximum absolute atomic E-state index is 13.1. The van der Waals surface area contributed by atoms with Crippen molar-refractivity contribution >= 4 is 33.4 Å². The summed E-state index contributed by atoms with van der Waals surface area (Å²) in [7, 11) is -3.51. The lowest BCUT2D eigenvalue weighted by Gasteiger charge is -2.01.